The van der Waals surface area contributed by atoms with Crippen LogP contribution < -0.4 is 0 Å². The zero-order valence-corrected chi connectivity index (χ0v) is 8.64. The Morgan fingerprint density at radius 3 is 2.33 bits per heavy atom. The van der Waals surface area contributed by atoms with Gasteiger partial charge in [0.1, 0.15) is 0 Å². The quantitative estimate of drug-likeness (QED) is 0.416. The molecule has 0 aliphatic carbocycles. The molecule has 74 valence electrons. The lowest BCUT2D eigenvalue weighted by Crippen LogP contribution is -2.14. The lowest BCUT2D eigenvalue weighted by atomic mass is 10.2. The van der Waals surface area contributed by atoms with E-state index >= 15 is 0 Å². The molecule has 0 rings (SSSR count). The summed E-state index contributed by atoms with van der Waals surface area (Å²) in [6.45, 7) is 5.12. The molecular weight excluding hydrogens is 152 g/mol. The average molecular weight is 174 g/mol. The minimum absolute atomic E-state index is 0.00614. The first-order valence-electron chi connectivity index (χ1n) is 4.99. The SMILES string of the molecule is CCCCCCOC(CC)OC. The summed E-state index contributed by atoms with van der Waals surface area (Å²) in [5, 5.41) is 0. The van der Waals surface area contributed by atoms with E-state index in [0.29, 0.717) is 0 Å². The Balaban J connectivity index is 3.06. The van der Waals surface area contributed by atoms with Crippen LogP contribution in [-0.2, 0) is 9.47 Å². The summed E-state index contributed by atoms with van der Waals surface area (Å²) < 4.78 is 10.5. The fourth-order valence-electron chi connectivity index (χ4n) is 1.10. The molecule has 0 radical (unpaired) electrons. The van der Waals surface area contributed by atoms with Gasteiger partial charge in [0.15, 0.2) is 6.29 Å². The summed E-state index contributed by atoms with van der Waals surface area (Å²) in [5.74, 6) is 0. The van der Waals surface area contributed by atoms with Crippen molar-refractivity contribution in [1.82, 2.24) is 0 Å². The molecule has 0 spiro atoms. The van der Waals surface area contributed by atoms with Crippen LogP contribution in [-0.4, -0.2) is 20.0 Å². The molecule has 12 heavy (non-hydrogen) atoms. The minimum Gasteiger partial charge on any atom is -0.356 e. The molecule has 2 heteroatoms. The predicted molar refractivity (Wildman–Crippen MR) is 51.2 cm³/mol. The zero-order chi connectivity index (χ0) is 9.23. The van der Waals surface area contributed by atoms with Gasteiger partial charge in [-0.1, -0.05) is 33.1 Å². The molecule has 0 aromatic carbocycles. The third-order valence-electron chi connectivity index (χ3n) is 1.90. The van der Waals surface area contributed by atoms with Gasteiger partial charge in [0.05, 0.1) is 0 Å². The van der Waals surface area contributed by atoms with Crippen LogP contribution in [0.4, 0.5) is 0 Å². The number of methoxy groups -OCH3 is 1. The molecule has 2 nitrogen and oxygen atoms in total. The van der Waals surface area contributed by atoms with Gasteiger partial charge in [0, 0.05) is 13.7 Å². The van der Waals surface area contributed by atoms with Crippen molar-refractivity contribution < 1.29 is 9.47 Å². The third kappa shape index (κ3) is 6.62. The first-order valence-corrected chi connectivity index (χ1v) is 4.99. The first kappa shape index (κ1) is 11.9. The van der Waals surface area contributed by atoms with Crippen LogP contribution in [0.2, 0.25) is 0 Å². The Hall–Kier alpha value is -0.0800. The fourth-order valence-corrected chi connectivity index (χ4v) is 1.10. The van der Waals surface area contributed by atoms with Crippen LogP contribution in [0.1, 0.15) is 46.0 Å². The van der Waals surface area contributed by atoms with Gasteiger partial charge < -0.3 is 9.47 Å². The Labute approximate surface area is 76.3 Å². The number of hydrogen-bond acceptors (Lipinski definition) is 2. The maximum atomic E-state index is 5.46. The van der Waals surface area contributed by atoms with Crippen LogP contribution in [0, 0.1) is 0 Å². The topological polar surface area (TPSA) is 18.5 Å². The molecule has 0 fully saturated rings. The standard InChI is InChI=1S/C10H22O2/c1-4-6-7-8-9-12-10(5-2)11-3/h10H,4-9H2,1-3H3. The van der Waals surface area contributed by atoms with Crippen molar-refractivity contribution >= 4 is 0 Å². The van der Waals surface area contributed by atoms with Crippen molar-refractivity contribution in [3.63, 3.8) is 0 Å². The number of unbranched alkanes of at least 4 members (excludes halogenated alkanes) is 3. The molecular formula is C10H22O2. The first-order chi connectivity index (χ1) is 5.85. The normalized spacial score (nSPS) is 13.2. The van der Waals surface area contributed by atoms with Gasteiger partial charge in [-0.25, -0.2) is 0 Å². The minimum atomic E-state index is 0.00614. The van der Waals surface area contributed by atoms with Gasteiger partial charge in [0.25, 0.3) is 0 Å². The second-order valence-corrected chi connectivity index (χ2v) is 3.00. The van der Waals surface area contributed by atoms with Gasteiger partial charge in [-0.05, 0) is 12.8 Å². The van der Waals surface area contributed by atoms with Gasteiger partial charge >= 0.3 is 0 Å². The van der Waals surface area contributed by atoms with Crippen LogP contribution in [0.3, 0.4) is 0 Å². The molecule has 0 N–H and O–H groups in total. The lowest BCUT2D eigenvalue weighted by molar-refractivity contribution is -0.125. The van der Waals surface area contributed by atoms with Crippen molar-refractivity contribution in [3.8, 4) is 0 Å². The lowest BCUT2D eigenvalue weighted by Gasteiger charge is -2.13. The molecule has 0 aliphatic heterocycles. The molecule has 0 heterocycles. The van der Waals surface area contributed by atoms with E-state index in [2.05, 4.69) is 13.8 Å². The molecule has 1 atom stereocenters. The highest BCUT2D eigenvalue weighted by Crippen LogP contribution is 2.03. The molecule has 0 bridgehead atoms. The van der Waals surface area contributed by atoms with Crippen molar-refractivity contribution in [2.45, 2.75) is 52.2 Å². The maximum absolute atomic E-state index is 5.46. The van der Waals surface area contributed by atoms with Gasteiger partial charge in [-0.3, -0.25) is 0 Å². The van der Waals surface area contributed by atoms with E-state index in [0.717, 1.165) is 19.4 Å². The highest BCUT2D eigenvalue weighted by Gasteiger charge is 2.01. The van der Waals surface area contributed by atoms with Crippen molar-refractivity contribution in [2.75, 3.05) is 13.7 Å². The molecule has 0 aromatic heterocycles. The third-order valence-corrected chi connectivity index (χ3v) is 1.90. The monoisotopic (exact) mass is 174 g/mol. The summed E-state index contributed by atoms with van der Waals surface area (Å²) in [7, 11) is 1.69. The van der Waals surface area contributed by atoms with Crippen LogP contribution in [0.5, 0.6) is 0 Å². The Kier molecular flexibility index (Phi) is 8.95. The van der Waals surface area contributed by atoms with Crippen molar-refractivity contribution in [3.05, 3.63) is 0 Å². The number of hydrogen-bond donors (Lipinski definition) is 0. The Morgan fingerprint density at radius 2 is 1.83 bits per heavy atom. The van der Waals surface area contributed by atoms with Crippen LogP contribution in [0.25, 0.3) is 0 Å². The number of rotatable bonds is 8. The average Bonchev–Trinajstić information content (AvgIpc) is 2.11. The molecule has 0 amide bonds. The maximum Gasteiger partial charge on any atom is 0.156 e. The summed E-state index contributed by atoms with van der Waals surface area (Å²) in [6, 6.07) is 0. The molecule has 0 aliphatic rings. The largest absolute Gasteiger partial charge is 0.356 e. The Morgan fingerprint density at radius 1 is 1.08 bits per heavy atom. The Bertz CT molecular complexity index is 79.9. The van der Waals surface area contributed by atoms with E-state index in [1.54, 1.807) is 7.11 Å². The summed E-state index contributed by atoms with van der Waals surface area (Å²) in [6.07, 6.45) is 5.97. The van der Waals surface area contributed by atoms with E-state index in [4.69, 9.17) is 9.47 Å². The van der Waals surface area contributed by atoms with Crippen molar-refractivity contribution in [1.29, 1.82) is 0 Å². The molecule has 0 saturated carbocycles. The number of ether oxygens (including phenoxy) is 2. The summed E-state index contributed by atoms with van der Waals surface area (Å²) in [4.78, 5) is 0. The van der Waals surface area contributed by atoms with E-state index in [1.807, 2.05) is 0 Å². The van der Waals surface area contributed by atoms with E-state index in [9.17, 15) is 0 Å². The van der Waals surface area contributed by atoms with Crippen LogP contribution >= 0.6 is 0 Å². The second-order valence-electron chi connectivity index (χ2n) is 3.00. The van der Waals surface area contributed by atoms with Crippen LogP contribution in [0.15, 0.2) is 0 Å². The second kappa shape index (κ2) is 9.01. The highest BCUT2D eigenvalue weighted by molar-refractivity contribution is 4.42. The van der Waals surface area contributed by atoms with E-state index < -0.39 is 0 Å². The van der Waals surface area contributed by atoms with Gasteiger partial charge in [0.2, 0.25) is 0 Å². The van der Waals surface area contributed by atoms with E-state index in [-0.39, 0.29) is 6.29 Å². The molecule has 0 aromatic rings. The summed E-state index contributed by atoms with van der Waals surface area (Å²) >= 11 is 0. The molecule has 1 unspecified atom stereocenters. The van der Waals surface area contributed by atoms with Gasteiger partial charge in [-0.15, -0.1) is 0 Å². The smallest absolute Gasteiger partial charge is 0.156 e. The predicted octanol–water partition coefficient (Wildman–Crippen LogP) is 2.97. The van der Waals surface area contributed by atoms with Crippen molar-refractivity contribution in [2.24, 2.45) is 0 Å². The van der Waals surface area contributed by atoms with E-state index in [1.165, 1.54) is 19.3 Å². The zero-order valence-electron chi connectivity index (χ0n) is 8.64. The highest BCUT2D eigenvalue weighted by atomic mass is 16.7. The fraction of sp³-hybridized carbons (Fsp3) is 1.00. The van der Waals surface area contributed by atoms with Gasteiger partial charge in [-0.2, -0.15) is 0 Å². The molecule has 0 saturated heterocycles. The summed E-state index contributed by atoms with van der Waals surface area (Å²) in [5.41, 5.74) is 0.